The molecule has 1 aliphatic heterocycles. The van der Waals surface area contributed by atoms with Crippen molar-refractivity contribution in [3.63, 3.8) is 0 Å². The Morgan fingerprint density at radius 1 is 1.26 bits per heavy atom. The zero-order chi connectivity index (χ0) is 13.7. The molecule has 1 aliphatic rings. The Morgan fingerprint density at radius 3 is 2.58 bits per heavy atom. The lowest BCUT2D eigenvalue weighted by molar-refractivity contribution is -0.138. The fraction of sp³-hybridized carbons (Fsp3) is 0.562. The molecule has 0 aromatic heterocycles. The first-order valence-electron chi connectivity index (χ1n) is 7.26. The van der Waals surface area contributed by atoms with E-state index >= 15 is 0 Å². The second kappa shape index (κ2) is 6.71. The molecule has 1 heterocycles. The number of benzene rings is 1. The minimum atomic E-state index is -0.707. The van der Waals surface area contributed by atoms with Crippen molar-refractivity contribution >= 4 is 5.97 Å². The van der Waals surface area contributed by atoms with Gasteiger partial charge in [0, 0.05) is 6.04 Å². The van der Waals surface area contributed by atoms with Gasteiger partial charge in [0.2, 0.25) is 0 Å². The number of aliphatic carboxylic acids is 1. The van der Waals surface area contributed by atoms with Gasteiger partial charge in [-0.3, -0.25) is 9.69 Å². The zero-order valence-electron chi connectivity index (χ0n) is 11.6. The van der Waals surface area contributed by atoms with Gasteiger partial charge in [-0.1, -0.05) is 37.6 Å². The second-order valence-corrected chi connectivity index (χ2v) is 5.26. The number of carbonyl (C=O) groups is 1. The Morgan fingerprint density at radius 2 is 1.95 bits per heavy atom. The second-order valence-electron chi connectivity index (χ2n) is 5.26. The quantitative estimate of drug-likeness (QED) is 0.884. The van der Waals surface area contributed by atoms with E-state index in [1.165, 1.54) is 30.4 Å². The maximum Gasteiger partial charge on any atom is 0.305 e. The molecule has 1 atom stereocenters. The lowest BCUT2D eigenvalue weighted by atomic mass is 9.93. The van der Waals surface area contributed by atoms with Crippen LogP contribution in [0, 0.1) is 0 Å². The zero-order valence-corrected chi connectivity index (χ0v) is 11.6. The SMILES string of the molecule is CCc1ccccc1C(CC(=O)O)N1CCCCC1. The molecular formula is C16H23NO2. The van der Waals surface area contributed by atoms with E-state index in [2.05, 4.69) is 24.0 Å². The average molecular weight is 261 g/mol. The smallest absolute Gasteiger partial charge is 0.305 e. The molecule has 0 saturated carbocycles. The topological polar surface area (TPSA) is 40.5 Å². The highest BCUT2D eigenvalue weighted by Gasteiger charge is 2.25. The summed E-state index contributed by atoms with van der Waals surface area (Å²) in [6, 6.07) is 8.31. The van der Waals surface area contributed by atoms with Gasteiger partial charge < -0.3 is 5.11 Å². The van der Waals surface area contributed by atoms with E-state index in [1.54, 1.807) is 0 Å². The van der Waals surface area contributed by atoms with Crippen LogP contribution in [0.25, 0.3) is 0 Å². The van der Waals surface area contributed by atoms with Gasteiger partial charge in [0.05, 0.1) is 6.42 Å². The molecule has 19 heavy (non-hydrogen) atoms. The highest BCUT2D eigenvalue weighted by Crippen LogP contribution is 2.30. The first-order chi connectivity index (χ1) is 9.22. The number of hydrogen-bond donors (Lipinski definition) is 1. The molecule has 0 radical (unpaired) electrons. The van der Waals surface area contributed by atoms with E-state index in [0.29, 0.717) is 0 Å². The van der Waals surface area contributed by atoms with Crippen LogP contribution >= 0.6 is 0 Å². The number of carboxylic acid groups (broad SMARTS) is 1. The lowest BCUT2D eigenvalue weighted by Crippen LogP contribution is -2.35. The molecule has 0 spiro atoms. The number of carboxylic acids is 1. The van der Waals surface area contributed by atoms with Crippen molar-refractivity contribution in [3.8, 4) is 0 Å². The van der Waals surface area contributed by atoms with Crippen LogP contribution in [0.1, 0.15) is 49.8 Å². The Labute approximate surface area is 115 Å². The number of hydrogen-bond acceptors (Lipinski definition) is 2. The summed E-state index contributed by atoms with van der Waals surface area (Å²) in [4.78, 5) is 13.6. The molecule has 3 nitrogen and oxygen atoms in total. The summed E-state index contributed by atoms with van der Waals surface area (Å²) in [6.07, 6.45) is 4.80. The third-order valence-electron chi connectivity index (χ3n) is 3.99. The molecule has 1 aromatic carbocycles. The molecule has 1 saturated heterocycles. The van der Waals surface area contributed by atoms with Crippen LogP contribution in [-0.4, -0.2) is 29.1 Å². The third kappa shape index (κ3) is 3.57. The van der Waals surface area contributed by atoms with E-state index < -0.39 is 5.97 Å². The van der Waals surface area contributed by atoms with E-state index in [1.807, 2.05) is 12.1 Å². The summed E-state index contributed by atoms with van der Waals surface area (Å²) in [5.41, 5.74) is 2.48. The molecule has 2 rings (SSSR count). The van der Waals surface area contributed by atoms with Crippen LogP contribution in [0.4, 0.5) is 0 Å². The van der Waals surface area contributed by atoms with Crippen LogP contribution in [-0.2, 0) is 11.2 Å². The van der Waals surface area contributed by atoms with E-state index in [9.17, 15) is 9.90 Å². The minimum absolute atomic E-state index is 0.0361. The number of piperidine rings is 1. The Kier molecular flexibility index (Phi) is 4.97. The van der Waals surface area contributed by atoms with Gasteiger partial charge in [0.25, 0.3) is 0 Å². The monoisotopic (exact) mass is 261 g/mol. The third-order valence-corrected chi connectivity index (χ3v) is 3.99. The van der Waals surface area contributed by atoms with Crippen LogP contribution in [0.15, 0.2) is 24.3 Å². The molecule has 0 bridgehead atoms. The van der Waals surface area contributed by atoms with Crippen molar-refractivity contribution < 1.29 is 9.90 Å². The lowest BCUT2D eigenvalue weighted by Gasteiger charge is -2.35. The minimum Gasteiger partial charge on any atom is -0.481 e. The van der Waals surface area contributed by atoms with Gasteiger partial charge in [-0.15, -0.1) is 0 Å². The summed E-state index contributed by atoms with van der Waals surface area (Å²) in [7, 11) is 0. The van der Waals surface area contributed by atoms with Crippen molar-refractivity contribution in [1.29, 1.82) is 0 Å². The normalized spacial score (nSPS) is 18.2. The van der Waals surface area contributed by atoms with Crippen molar-refractivity contribution in [2.75, 3.05) is 13.1 Å². The Hall–Kier alpha value is -1.35. The Bertz CT molecular complexity index is 425. The molecule has 1 fully saturated rings. The Balaban J connectivity index is 2.27. The molecule has 0 aliphatic carbocycles. The van der Waals surface area contributed by atoms with Gasteiger partial charge in [-0.25, -0.2) is 0 Å². The highest BCUT2D eigenvalue weighted by atomic mass is 16.4. The van der Waals surface area contributed by atoms with E-state index in [-0.39, 0.29) is 12.5 Å². The van der Waals surface area contributed by atoms with Gasteiger partial charge in [-0.2, -0.15) is 0 Å². The van der Waals surface area contributed by atoms with Crippen LogP contribution < -0.4 is 0 Å². The van der Waals surface area contributed by atoms with Crippen LogP contribution in [0.3, 0.4) is 0 Å². The van der Waals surface area contributed by atoms with Crippen molar-refractivity contribution in [2.45, 2.75) is 45.1 Å². The summed E-state index contributed by atoms with van der Waals surface area (Å²) in [6.45, 7) is 4.18. The van der Waals surface area contributed by atoms with E-state index in [0.717, 1.165) is 19.5 Å². The van der Waals surface area contributed by atoms with Gasteiger partial charge in [-0.05, 0) is 43.5 Å². The van der Waals surface area contributed by atoms with Gasteiger partial charge in [0.1, 0.15) is 0 Å². The fourth-order valence-corrected chi connectivity index (χ4v) is 3.01. The maximum atomic E-state index is 11.2. The molecule has 0 amide bonds. The first kappa shape index (κ1) is 14.1. The number of aryl methyl sites for hydroxylation is 1. The standard InChI is InChI=1S/C16H23NO2/c1-2-13-8-4-5-9-14(13)15(12-16(18)19)17-10-6-3-7-11-17/h4-5,8-9,15H,2-3,6-7,10-12H2,1H3,(H,18,19). The molecule has 3 heteroatoms. The van der Waals surface area contributed by atoms with E-state index in [4.69, 9.17) is 0 Å². The fourth-order valence-electron chi connectivity index (χ4n) is 3.01. The maximum absolute atomic E-state index is 11.2. The summed E-state index contributed by atoms with van der Waals surface area (Å²) >= 11 is 0. The van der Waals surface area contributed by atoms with Crippen molar-refractivity contribution in [2.24, 2.45) is 0 Å². The van der Waals surface area contributed by atoms with Gasteiger partial charge in [0.15, 0.2) is 0 Å². The first-order valence-corrected chi connectivity index (χ1v) is 7.26. The largest absolute Gasteiger partial charge is 0.481 e. The van der Waals surface area contributed by atoms with Crippen LogP contribution in [0.5, 0.6) is 0 Å². The molecule has 1 N–H and O–H groups in total. The number of nitrogens with zero attached hydrogens (tertiary/aromatic N) is 1. The summed E-state index contributed by atoms with van der Waals surface area (Å²) < 4.78 is 0. The van der Waals surface area contributed by atoms with Crippen molar-refractivity contribution in [1.82, 2.24) is 4.90 Å². The number of likely N-dealkylation sites (tertiary alicyclic amines) is 1. The van der Waals surface area contributed by atoms with Crippen LogP contribution in [0.2, 0.25) is 0 Å². The molecule has 1 unspecified atom stereocenters. The van der Waals surface area contributed by atoms with Gasteiger partial charge >= 0.3 is 5.97 Å². The average Bonchev–Trinajstić information content (AvgIpc) is 2.45. The highest BCUT2D eigenvalue weighted by molar-refractivity contribution is 5.68. The predicted molar refractivity (Wildman–Crippen MR) is 76.2 cm³/mol. The molecule has 1 aromatic rings. The summed E-state index contributed by atoms with van der Waals surface area (Å²) in [5.74, 6) is -0.707. The molecule has 104 valence electrons. The number of rotatable bonds is 5. The predicted octanol–water partition coefficient (Wildman–Crippen LogP) is 3.25. The summed E-state index contributed by atoms with van der Waals surface area (Å²) in [5, 5.41) is 9.21. The van der Waals surface area contributed by atoms with Crippen molar-refractivity contribution in [3.05, 3.63) is 35.4 Å². The molecular weight excluding hydrogens is 238 g/mol.